The third kappa shape index (κ3) is 5.61. The molecule has 0 aliphatic rings. The number of urea groups is 1. The number of halogens is 1. The number of anilines is 1. The first-order chi connectivity index (χ1) is 9.95. The monoisotopic (exact) mass is 313 g/mol. The first-order valence-electron chi connectivity index (χ1n) is 6.60. The van der Waals surface area contributed by atoms with Gasteiger partial charge >= 0.3 is 12.0 Å². The highest BCUT2D eigenvalue weighted by atomic mass is 35.5. The average Bonchev–Trinajstić information content (AvgIpc) is 2.44. The average molecular weight is 314 g/mol. The van der Waals surface area contributed by atoms with Gasteiger partial charge in [-0.05, 0) is 38.2 Å². The predicted molar refractivity (Wildman–Crippen MR) is 83.0 cm³/mol. The standard InChI is InChI=1S/C14H20ClN3O3/c1-16-7-4-8-17(2)14(21)18(10-13(19)20)12-6-3-5-11(15)9-12/h3,5-6,9,16H,4,7-8,10H2,1-2H3,(H,19,20). The van der Waals surface area contributed by atoms with Gasteiger partial charge in [-0.15, -0.1) is 0 Å². The molecule has 0 spiro atoms. The van der Waals surface area contributed by atoms with Crippen LogP contribution in [0.25, 0.3) is 0 Å². The van der Waals surface area contributed by atoms with Crippen LogP contribution in [0.1, 0.15) is 6.42 Å². The van der Waals surface area contributed by atoms with Crippen LogP contribution in [-0.4, -0.2) is 55.7 Å². The van der Waals surface area contributed by atoms with E-state index in [1.807, 2.05) is 7.05 Å². The maximum atomic E-state index is 12.4. The molecule has 0 aliphatic heterocycles. The Morgan fingerprint density at radius 2 is 2.10 bits per heavy atom. The van der Waals surface area contributed by atoms with Crippen molar-refractivity contribution in [3.8, 4) is 0 Å². The van der Waals surface area contributed by atoms with Crippen LogP contribution in [0.4, 0.5) is 10.5 Å². The largest absolute Gasteiger partial charge is 0.480 e. The molecule has 21 heavy (non-hydrogen) atoms. The number of nitrogens with zero attached hydrogens (tertiary/aromatic N) is 2. The molecule has 0 saturated heterocycles. The molecule has 0 saturated carbocycles. The van der Waals surface area contributed by atoms with Crippen LogP contribution in [0.15, 0.2) is 24.3 Å². The number of hydrogen-bond donors (Lipinski definition) is 2. The van der Waals surface area contributed by atoms with Gasteiger partial charge in [0.2, 0.25) is 0 Å². The van der Waals surface area contributed by atoms with Gasteiger partial charge in [0.1, 0.15) is 6.54 Å². The van der Waals surface area contributed by atoms with Crippen molar-refractivity contribution in [2.75, 3.05) is 38.6 Å². The summed E-state index contributed by atoms with van der Waals surface area (Å²) in [6, 6.07) is 6.22. The molecule has 0 bridgehead atoms. The molecule has 0 radical (unpaired) electrons. The summed E-state index contributed by atoms with van der Waals surface area (Å²) in [6.07, 6.45) is 0.787. The number of carbonyl (C=O) groups is 2. The minimum atomic E-state index is -1.08. The van der Waals surface area contributed by atoms with Crippen molar-refractivity contribution in [1.82, 2.24) is 10.2 Å². The summed E-state index contributed by atoms with van der Waals surface area (Å²) in [5, 5.41) is 12.5. The Balaban J connectivity index is 2.86. The van der Waals surface area contributed by atoms with E-state index >= 15 is 0 Å². The van der Waals surface area contributed by atoms with E-state index in [1.54, 1.807) is 31.3 Å². The number of nitrogens with one attached hydrogen (secondary N) is 1. The molecule has 0 heterocycles. The number of rotatable bonds is 7. The SMILES string of the molecule is CNCCCN(C)C(=O)N(CC(=O)O)c1cccc(Cl)c1. The van der Waals surface area contributed by atoms with Crippen LogP contribution in [0.5, 0.6) is 0 Å². The number of carboxylic acids is 1. The molecule has 1 aromatic carbocycles. The van der Waals surface area contributed by atoms with Gasteiger partial charge in [0.15, 0.2) is 0 Å². The third-order valence-corrected chi connectivity index (χ3v) is 3.13. The van der Waals surface area contributed by atoms with Gasteiger partial charge in [-0.1, -0.05) is 17.7 Å². The quantitative estimate of drug-likeness (QED) is 0.754. The molecule has 0 fully saturated rings. The van der Waals surface area contributed by atoms with E-state index in [2.05, 4.69) is 5.32 Å². The van der Waals surface area contributed by atoms with Gasteiger partial charge in [0.05, 0.1) is 0 Å². The molecular formula is C14H20ClN3O3. The molecule has 0 atom stereocenters. The zero-order valence-electron chi connectivity index (χ0n) is 12.2. The zero-order valence-corrected chi connectivity index (χ0v) is 12.9. The summed E-state index contributed by atoms with van der Waals surface area (Å²) in [4.78, 5) is 26.1. The van der Waals surface area contributed by atoms with Crippen LogP contribution in [0, 0.1) is 0 Å². The topological polar surface area (TPSA) is 72.9 Å². The van der Waals surface area contributed by atoms with Gasteiger partial charge < -0.3 is 15.3 Å². The Hall–Kier alpha value is -1.79. The van der Waals surface area contributed by atoms with E-state index < -0.39 is 12.5 Å². The number of carboxylic acid groups (broad SMARTS) is 1. The van der Waals surface area contributed by atoms with Crippen molar-refractivity contribution in [1.29, 1.82) is 0 Å². The van der Waals surface area contributed by atoms with Crippen LogP contribution in [-0.2, 0) is 4.79 Å². The zero-order chi connectivity index (χ0) is 15.8. The molecule has 2 amide bonds. The van der Waals surface area contributed by atoms with Gasteiger partial charge in [0.25, 0.3) is 0 Å². The highest BCUT2D eigenvalue weighted by Gasteiger charge is 2.22. The predicted octanol–water partition coefficient (Wildman–Crippen LogP) is 1.89. The normalized spacial score (nSPS) is 10.2. The first-order valence-corrected chi connectivity index (χ1v) is 6.98. The summed E-state index contributed by atoms with van der Waals surface area (Å²) in [5.41, 5.74) is 0.468. The number of aliphatic carboxylic acids is 1. The highest BCUT2D eigenvalue weighted by Crippen LogP contribution is 2.20. The Morgan fingerprint density at radius 1 is 1.38 bits per heavy atom. The van der Waals surface area contributed by atoms with Crippen molar-refractivity contribution in [2.45, 2.75) is 6.42 Å². The van der Waals surface area contributed by atoms with E-state index in [0.29, 0.717) is 17.3 Å². The molecule has 1 rings (SSSR count). The van der Waals surface area contributed by atoms with Gasteiger partial charge in [-0.2, -0.15) is 0 Å². The summed E-state index contributed by atoms with van der Waals surface area (Å²) in [6.45, 7) is 0.916. The maximum absolute atomic E-state index is 12.4. The van der Waals surface area contributed by atoms with Crippen molar-refractivity contribution >= 4 is 29.3 Å². The lowest BCUT2D eigenvalue weighted by molar-refractivity contribution is -0.135. The van der Waals surface area contributed by atoms with E-state index in [-0.39, 0.29) is 6.03 Å². The van der Waals surface area contributed by atoms with Crippen molar-refractivity contribution in [3.05, 3.63) is 29.3 Å². The Morgan fingerprint density at radius 3 is 2.67 bits per heavy atom. The summed E-state index contributed by atoms with van der Waals surface area (Å²) >= 11 is 5.90. The van der Waals surface area contributed by atoms with E-state index in [9.17, 15) is 9.59 Å². The Bertz CT molecular complexity index is 496. The number of benzene rings is 1. The van der Waals surface area contributed by atoms with Crippen LogP contribution in [0.2, 0.25) is 5.02 Å². The smallest absolute Gasteiger partial charge is 0.324 e. The Labute approximate surface area is 129 Å². The van der Waals surface area contributed by atoms with Crippen molar-refractivity contribution in [2.24, 2.45) is 0 Å². The third-order valence-electron chi connectivity index (χ3n) is 2.89. The van der Waals surface area contributed by atoms with E-state index in [0.717, 1.165) is 13.0 Å². The number of carbonyl (C=O) groups excluding carboxylic acids is 1. The van der Waals surface area contributed by atoms with Crippen LogP contribution < -0.4 is 10.2 Å². The molecule has 0 aliphatic carbocycles. The lowest BCUT2D eigenvalue weighted by Crippen LogP contribution is -2.44. The second kappa shape index (κ2) is 8.49. The van der Waals surface area contributed by atoms with Crippen molar-refractivity contribution < 1.29 is 14.7 Å². The number of hydrogen-bond acceptors (Lipinski definition) is 3. The summed E-state index contributed by atoms with van der Waals surface area (Å²) in [5.74, 6) is -1.08. The van der Waals surface area contributed by atoms with E-state index in [4.69, 9.17) is 16.7 Å². The second-order valence-electron chi connectivity index (χ2n) is 4.62. The molecule has 116 valence electrons. The first kappa shape index (κ1) is 17.3. The molecule has 7 heteroatoms. The minimum Gasteiger partial charge on any atom is -0.480 e. The lowest BCUT2D eigenvalue weighted by atomic mass is 10.3. The van der Waals surface area contributed by atoms with Crippen LogP contribution in [0.3, 0.4) is 0 Å². The summed E-state index contributed by atoms with van der Waals surface area (Å²) in [7, 11) is 3.49. The fourth-order valence-electron chi connectivity index (χ4n) is 1.84. The van der Waals surface area contributed by atoms with Gasteiger partial charge in [-0.25, -0.2) is 4.79 Å². The highest BCUT2D eigenvalue weighted by molar-refractivity contribution is 6.30. The summed E-state index contributed by atoms with van der Waals surface area (Å²) < 4.78 is 0. The fraction of sp³-hybridized carbons (Fsp3) is 0.429. The molecule has 1 aromatic rings. The Kier molecular flexibility index (Phi) is 6.98. The molecule has 2 N–H and O–H groups in total. The number of amides is 2. The van der Waals surface area contributed by atoms with Gasteiger partial charge in [-0.3, -0.25) is 9.69 Å². The minimum absolute atomic E-state index is 0.365. The van der Waals surface area contributed by atoms with Crippen LogP contribution >= 0.6 is 11.6 Å². The van der Waals surface area contributed by atoms with Crippen molar-refractivity contribution in [3.63, 3.8) is 0 Å². The fourth-order valence-corrected chi connectivity index (χ4v) is 2.03. The molecular weight excluding hydrogens is 294 g/mol. The molecule has 0 unspecified atom stereocenters. The lowest BCUT2D eigenvalue weighted by Gasteiger charge is -2.27. The second-order valence-corrected chi connectivity index (χ2v) is 5.06. The molecule has 6 nitrogen and oxygen atoms in total. The van der Waals surface area contributed by atoms with Gasteiger partial charge in [0, 0.05) is 24.3 Å². The van der Waals surface area contributed by atoms with E-state index in [1.165, 1.54) is 9.80 Å². The maximum Gasteiger partial charge on any atom is 0.324 e. The molecule has 0 aromatic heterocycles.